The predicted molar refractivity (Wildman–Crippen MR) is 131 cm³/mol. The Kier molecular flexibility index (Phi) is 6.46. The molecule has 0 saturated carbocycles. The van der Waals surface area contributed by atoms with Crippen molar-refractivity contribution >= 4 is 20.7 Å². The predicted octanol–water partition coefficient (Wildman–Crippen LogP) is 6.52. The van der Waals surface area contributed by atoms with Gasteiger partial charge in [-0.2, -0.15) is 13.2 Å². The summed E-state index contributed by atoms with van der Waals surface area (Å²) in [5, 5.41) is 10.3. The first-order chi connectivity index (χ1) is 16.4. The molecular weight excluding hydrogens is 475 g/mol. The molecule has 182 valence electrons. The molecule has 4 aromatic rings. The van der Waals surface area contributed by atoms with Crippen molar-refractivity contribution in [1.82, 2.24) is 4.98 Å². The van der Waals surface area contributed by atoms with E-state index < -0.39 is 27.2 Å². The van der Waals surface area contributed by atoms with Crippen LogP contribution in [0, 0.1) is 0 Å². The zero-order valence-corrected chi connectivity index (χ0v) is 20.0. The molecule has 4 nitrogen and oxygen atoms in total. The molecule has 0 spiro atoms. The van der Waals surface area contributed by atoms with E-state index in [1.54, 1.807) is 56.3 Å². The van der Waals surface area contributed by atoms with E-state index in [0.717, 1.165) is 11.6 Å². The van der Waals surface area contributed by atoms with E-state index >= 15 is 0 Å². The molecule has 3 aromatic carbocycles. The molecular formula is C27H24F3NO3S. The number of pyridine rings is 1. The summed E-state index contributed by atoms with van der Waals surface area (Å²) >= 11 is 0. The Bertz CT molecular complexity index is 1490. The Morgan fingerprint density at radius 2 is 1.49 bits per heavy atom. The highest BCUT2D eigenvalue weighted by atomic mass is 32.2. The summed E-state index contributed by atoms with van der Waals surface area (Å²) in [4.78, 5) is 4.13. The lowest BCUT2D eigenvalue weighted by Crippen LogP contribution is -2.23. The van der Waals surface area contributed by atoms with Crippen LogP contribution < -0.4 is 0 Å². The fourth-order valence-corrected chi connectivity index (χ4v) is 5.49. The third kappa shape index (κ3) is 5.55. The minimum Gasteiger partial charge on any atom is -0.390 e. The van der Waals surface area contributed by atoms with Crippen molar-refractivity contribution in [3.63, 3.8) is 0 Å². The van der Waals surface area contributed by atoms with Crippen molar-refractivity contribution in [2.24, 2.45) is 0 Å². The summed E-state index contributed by atoms with van der Waals surface area (Å²) < 4.78 is 66.1. The Labute approximate surface area is 202 Å². The third-order valence-electron chi connectivity index (χ3n) is 5.76. The van der Waals surface area contributed by atoms with Crippen LogP contribution in [0.1, 0.15) is 25.8 Å². The highest BCUT2D eigenvalue weighted by molar-refractivity contribution is 7.91. The van der Waals surface area contributed by atoms with E-state index in [1.807, 2.05) is 12.1 Å². The van der Waals surface area contributed by atoms with E-state index in [9.17, 15) is 26.7 Å². The first-order valence-corrected chi connectivity index (χ1v) is 12.6. The zero-order chi connectivity index (χ0) is 25.4. The van der Waals surface area contributed by atoms with Crippen molar-refractivity contribution in [2.45, 2.75) is 36.9 Å². The number of benzene rings is 3. The normalized spacial score (nSPS) is 12.7. The van der Waals surface area contributed by atoms with Gasteiger partial charge in [-0.1, -0.05) is 42.5 Å². The second kappa shape index (κ2) is 9.09. The Morgan fingerprint density at radius 3 is 2.17 bits per heavy atom. The molecule has 0 fully saturated rings. The van der Waals surface area contributed by atoms with Gasteiger partial charge >= 0.3 is 6.18 Å². The standard InChI is InChI=1S/C27H24F3NO3S/c1-26(2,32)13-15-35(33,34)21-9-4-7-19(17-21)18-6-3-8-20(16-18)22-12-14-31-25-23(22)10-5-11-24(25)27(28,29)30/h3-12,14,16-17,32H,13,15H2,1-2H3. The number of fused-ring (bicyclic) bond motifs is 1. The fourth-order valence-electron chi connectivity index (χ4n) is 3.89. The summed E-state index contributed by atoms with van der Waals surface area (Å²) in [6.45, 7) is 3.12. The Balaban J connectivity index is 1.75. The minimum absolute atomic E-state index is 0.101. The number of para-hydroxylation sites is 1. The van der Waals surface area contributed by atoms with Crippen molar-refractivity contribution in [3.05, 3.63) is 84.6 Å². The van der Waals surface area contributed by atoms with Crippen LogP contribution in [0.25, 0.3) is 33.2 Å². The molecule has 0 aliphatic heterocycles. The molecule has 0 amide bonds. The van der Waals surface area contributed by atoms with Gasteiger partial charge in [0.2, 0.25) is 0 Å². The molecule has 8 heteroatoms. The second-order valence-electron chi connectivity index (χ2n) is 9.05. The molecule has 0 aliphatic carbocycles. The maximum absolute atomic E-state index is 13.5. The van der Waals surface area contributed by atoms with E-state index in [-0.39, 0.29) is 22.6 Å². The topological polar surface area (TPSA) is 67.3 Å². The first kappa shape index (κ1) is 24.9. The molecule has 0 saturated heterocycles. The number of sulfone groups is 1. The van der Waals surface area contributed by atoms with E-state index in [1.165, 1.54) is 18.3 Å². The summed E-state index contributed by atoms with van der Waals surface area (Å²) in [6.07, 6.45) is -3.07. The molecule has 0 bridgehead atoms. The number of hydrogen-bond donors (Lipinski definition) is 1. The lowest BCUT2D eigenvalue weighted by molar-refractivity contribution is -0.136. The van der Waals surface area contributed by atoms with Crippen LogP contribution in [-0.2, 0) is 16.0 Å². The van der Waals surface area contributed by atoms with Crippen LogP contribution in [-0.4, -0.2) is 29.9 Å². The van der Waals surface area contributed by atoms with Crippen molar-refractivity contribution in [2.75, 3.05) is 5.75 Å². The van der Waals surface area contributed by atoms with Crippen LogP contribution in [0.2, 0.25) is 0 Å². The van der Waals surface area contributed by atoms with Crippen molar-refractivity contribution in [1.29, 1.82) is 0 Å². The number of hydrogen-bond acceptors (Lipinski definition) is 4. The number of aliphatic hydroxyl groups is 1. The molecule has 1 heterocycles. The summed E-state index contributed by atoms with van der Waals surface area (Å²) in [5.41, 5.74) is 0.642. The number of alkyl halides is 3. The van der Waals surface area contributed by atoms with E-state index in [2.05, 4.69) is 4.98 Å². The summed E-state index contributed by atoms with van der Waals surface area (Å²) in [5.74, 6) is -0.190. The van der Waals surface area contributed by atoms with Crippen molar-refractivity contribution < 1.29 is 26.7 Å². The van der Waals surface area contributed by atoms with Crippen LogP contribution in [0.4, 0.5) is 13.2 Å². The van der Waals surface area contributed by atoms with Gasteiger partial charge in [-0.05, 0) is 72.9 Å². The fraction of sp³-hybridized carbons (Fsp3) is 0.222. The van der Waals surface area contributed by atoms with Gasteiger partial charge in [0.05, 0.1) is 27.3 Å². The summed E-state index contributed by atoms with van der Waals surface area (Å²) in [7, 11) is -3.61. The molecule has 0 radical (unpaired) electrons. The van der Waals surface area contributed by atoms with E-state index in [0.29, 0.717) is 22.1 Å². The monoisotopic (exact) mass is 499 g/mol. The molecule has 0 atom stereocenters. The van der Waals surface area contributed by atoms with Gasteiger partial charge in [0.15, 0.2) is 9.84 Å². The van der Waals surface area contributed by atoms with Gasteiger partial charge in [-0.3, -0.25) is 4.98 Å². The minimum atomic E-state index is -4.52. The van der Waals surface area contributed by atoms with Gasteiger partial charge < -0.3 is 5.11 Å². The van der Waals surface area contributed by atoms with Gasteiger partial charge in [0, 0.05) is 11.6 Å². The lowest BCUT2D eigenvalue weighted by atomic mass is 9.96. The average Bonchev–Trinajstić information content (AvgIpc) is 2.81. The first-order valence-electron chi connectivity index (χ1n) is 11.0. The van der Waals surface area contributed by atoms with Gasteiger partial charge in [0.25, 0.3) is 0 Å². The number of aromatic nitrogens is 1. The Hall–Kier alpha value is -3.23. The highest BCUT2D eigenvalue weighted by Crippen LogP contribution is 2.37. The number of halogens is 3. The molecule has 1 aromatic heterocycles. The highest BCUT2D eigenvalue weighted by Gasteiger charge is 2.33. The Morgan fingerprint density at radius 1 is 0.857 bits per heavy atom. The number of nitrogens with zero attached hydrogens (tertiary/aromatic N) is 1. The molecule has 0 aliphatic rings. The third-order valence-corrected chi connectivity index (χ3v) is 7.47. The van der Waals surface area contributed by atoms with Crippen molar-refractivity contribution in [3.8, 4) is 22.3 Å². The summed E-state index contributed by atoms with van der Waals surface area (Å²) in [6, 6.07) is 19.4. The average molecular weight is 500 g/mol. The largest absolute Gasteiger partial charge is 0.418 e. The maximum Gasteiger partial charge on any atom is 0.418 e. The van der Waals surface area contributed by atoms with Gasteiger partial charge in [0.1, 0.15) is 0 Å². The zero-order valence-electron chi connectivity index (χ0n) is 19.2. The van der Waals surface area contributed by atoms with Crippen LogP contribution in [0.15, 0.2) is 83.9 Å². The number of rotatable bonds is 6. The molecule has 4 rings (SSSR count). The lowest BCUT2D eigenvalue weighted by Gasteiger charge is -2.17. The second-order valence-corrected chi connectivity index (χ2v) is 11.2. The quantitative estimate of drug-likeness (QED) is 0.328. The smallest absolute Gasteiger partial charge is 0.390 e. The molecule has 1 N–H and O–H groups in total. The molecule has 0 unspecified atom stereocenters. The van der Waals surface area contributed by atoms with Crippen LogP contribution in [0.3, 0.4) is 0 Å². The van der Waals surface area contributed by atoms with Crippen LogP contribution >= 0.6 is 0 Å². The van der Waals surface area contributed by atoms with Crippen LogP contribution in [0.5, 0.6) is 0 Å². The van der Waals surface area contributed by atoms with Gasteiger partial charge in [-0.15, -0.1) is 0 Å². The van der Waals surface area contributed by atoms with E-state index in [4.69, 9.17) is 0 Å². The molecule has 35 heavy (non-hydrogen) atoms. The SMILES string of the molecule is CC(C)(O)CCS(=O)(=O)c1cccc(-c2cccc(-c3ccnc4c(C(F)(F)F)cccc34)c2)c1. The maximum atomic E-state index is 13.5. The van der Waals surface area contributed by atoms with Gasteiger partial charge in [-0.25, -0.2) is 8.42 Å².